The molecule has 0 atom stereocenters. The monoisotopic (exact) mass is 630 g/mol. The molecule has 0 bridgehead atoms. The minimum Gasteiger partial charge on any atom is -0.464 e. The molecule has 4 aromatic rings. The SMILES string of the molecule is CC(C)(C)OC(=O)N(C(=O)O)c1cc(Oc2ccc3ncc(-c4cnn(CC5CC(F)(F)C5)c4)nc3c2Cl)ccc1[N+](=O)[O-]. The Morgan fingerprint density at radius 1 is 1.23 bits per heavy atom. The van der Waals surface area contributed by atoms with E-state index >= 15 is 0 Å². The zero-order valence-corrected chi connectivity index (χ0v) is 24.3. The molecule has 1 aliphatic rings. The number of ether oxygens (including phenoxy) is 2. The average molecular weight is 631 g/mol. The second kappa shape index (κ2) is 11.3. The molecule has 0 aliphatic heterocycles. The first-order valence-corrected chi connectivity index (χ1v) is 13.6. The molecular formula is C28H25ClF2N6O7. The quantitative estimate of drug-likeness (QED) is 0.162. The number of benzene rings is 2. The van der Waals surface area contributed by atoms with Gasteiger partial charge >= 0.3 is 12.2 Å². The van der Waals surface area contributed by atoms with Crippen LogP contribution in [0, 0.1) is 16.0 Å². The van der Waals surface area contributed by atoms with E-state index in [0.29, 0.717) is 23.3 Å². The summed E-state index contributed by atoms with van der Waals surface area (Å²) in [6.45, 7) is 4.89. The van der Waals surface area contributed by atoms with Gasteiger partial charge in [0.15, 0.2) is 0 Å². The van der Waals surface area contributed by atoms with Crippen LogP contribution in [0.5, 0.6) is 11.5 Å². The summed E-state index contributed by atoms with van der Waals surface area (Å²) in [5.74, 6) is -2.80. The minimum absolute atomic E-state index is 0.0306. The van der Waals surface area contributed by atoms with Crippen molar-refractivity contribution in [1.82, 2.24) is 19.7 Å². The fourth-order valence-corrected chi connectivity index (χ4v) is 4.87. The number of rotatable bonds is 7. The van der Waals surface area contributed by atoms with Crippen molar-refractivity contribution in [1.29, 1.82) is 0 Å². The molecule has 1 saturated carbocycles. The molecular weight excluding hydrogens is 606 g/mol. The number of carbonyl (C=O) groups is 2. The summed E-state index contributed by atoms with van der Waals surface area (Å²) in [5.41, 5.74) is -0.706. The highest BCUT2D eigenvalue weighted by atomic mass is 35.5. The standard InChI is InChI=1S/C28H25ClF2N6O7/c1-27(2,3)44-26(40)36(25(38)39)21-8-17(4-6-20(21)37(41)42)43-22-7-5-18-24(23(22)29)34-19(12-32-18)16-11-33-35(14-16)13-15-9-28(30,31)10-15/h4-8,11-12,14-15H,9-10,13H2,1-3H3,(H,38,39). The molecule has 2 aromatic carbocycles. The number of anilines is 1. The molecule has 1 fully saturated rings. The van der Waals surface area contributed by atoms with E-state index in [9.17, 15) is 33.6 Å². The number of carboxylic acid groups (broad SMARTS) is 1. The Labute approximate surface area is 253 Å². The van der Waals surface area contributed by atoms with Crippen molar-refractivity contribution in [2.45, 2.75) is 51.7 Å². The van der Waals surface area contributed by atoms with Crippen LogP contribution in [-0.4, -0.2) is 53.5 Å². The molecule has 1 aliphatic carbocycles. The largest absolute Gasteiger partial charge is 0.464 e. The number of amides is 2. The molecule has 0 saturated heterocycles. The molecule has 0 unspecified atom stereocenters. The van der Waals surface area contributed by atoms with Gasteiger partial charge in [0.2, 0.25) is 5.92 Å². The van der Waals surface area contributed by atoms with Crippen molar-refractivity contribution in [3.05, 3.63) is 64.1 Å². The van der Waals surface area contributed by atoms with Crippen LogP contribution in [0.25, 0.3) is 22.3 Å². The van der Waals surface area contributed by atoms with Crippen LogP contribution in [0.1, 0.15) is 33.6 Å². The highest BCUT2D eigenvalue weighted by molar-refractivity contribution is 6.36. The fourth-order valence-electron chi connectivity index (χ4n) is 4.63. The van der Waals surface area contributed by atoms with Crippen LogP contribution in [0.2, 0.25) is 5.02 Å². The normalized spacial score (nSPS) is 14.6. The number of fused-ring (bicyclic) bond motifs is 1. The van der Waals surface area contributed by atoms with Crippen molar-refractivity contribution in [2.24, 2.45) is 5.92 Å². The summed E-state index contributed by atoms with van der Waals surface area (Å²) < 4.78 is 39.0. The molecule has 13 nitrogen and oxygen atoms in total. The lowest BCUT2D eigenvalue weighted by Gasteiger charge is -2.34. The lowest BCUT2D eigenvalue weighted by Crippen LogP contribution is -2.40. The second-order valence-corrected chi connectivity index (χ2v) is 11.6. The number of halogens is 3. The first-order chi connectivity index (χ1) is 20.6. The van der Waals surface area contributed by atoms with Crippen molar-refractivity contribution < 1.29 is 37.9 Å². The van der Waals surface area contributed by atoms with Crippen LogP contribution in [0.4, 0.5) is 29.7 Å². The van der Waals surface area contributed by atoms with E-state index in [4.69, 9.17) is 21.1 Å². The molecule has 0 radical (unpaired) electrons. The lowest BCUT2D eigenvalue weighted by atomic mass is 9.81. The topological polar surface area (TPSA) is 163 Å². The van der Waals surface area contributed by atoms with Gasteiger partial charge in [-0.3, -0.25) is 19.8 Å². The van der Waals surface area contributed by atoms with Gasteiger partial charge in [-0.15, -0.1) is 0 Å². The maximum Gasteiger partial charge on any atom is 0.424 e. The third kappa shape index (κ3) is 6.51. The number of nitro benzene ring substituents is 1. The van der Waals surface area contributed by atoms with E-state index in [0.717, 1.165) is 12.1 Å². The van der Waals surface area contributed by atoms with Gasteiger partial charge in [0.25, 0.3) is 5.69 Å². The van der Waals surface area contributed by atoms with Gasteiger partial charge in [-0.25, -0.2) is 23.4 Å². The Hall–Kier alpha value is -4.92. The molecule has 1 N–H and O–H groups in total. The van der Waals surface area contributed by atoms with Crippen molar-refractivity contribution in [3.63, 3.8) is 0 Å². The highest BCUT2D eigenvalue weighted by Crippen LogP contribution is 2.43. The van der Waals surface area contributed by atoms with E-state index < -0.39 is 40.0 Å². The Morgan fingerprint density at radius 2 is 1.95 bits per heavy atom. The second-order valence-electron chi connectivity index (χ2n) is 11.2. The number of carbonyl (C=O) groups excluding carboxylic acids is 1. The zero-order chi connectivity index (χ0) is 32.0. The molecule has 2 aromatic heterocycles. The Balaban J connectivity index is 1.44. The summed E-state index contributed by atoms with van der Waals surface area (Å²) >= 11 is 6.63. The van der Waals surface area contributed by atoms with E-state index in [1.807, 2.05) is 0 Å². The third-order valence-electron chi connectivity index (χ3n) is 6.55. The molecule has 230 valence electrons. The van der Waals surface area contributed by atoms with Crippen LogP contribution >= 0.6 is 11.6 Å². The number of nitro groups is 1. The Kier molecular flexibility index (Phi) is 7.84. The fraction of sp³-hybridized carbons (Fsp3) is 0.321. The maximum atomic E-state index is 13.2. The predicted octanol–water partition coefficient (Wildman–Crippen LogP) is 7.31. The number of imide groups is 1. The van der Waals surface area contributed by atoms with E-state index in [2.05, 4.69) is 15.1 Å². The Bertz CT molecular complexity index is 1780. The number of alkyl halides is 2. The van der Waals surface area contributed by atoms with Gasteiger partial charge in [-0.1, -0.05) is 11.6 Å². The lowest BCUT2D eigenvalue weighted by molar-refractivity contribution is -0.384. The van der Waals surface area contributed by atoms with E-state index in [-0.39, 0.29) is 45.7 Å². The van der Waals surface area contributed by atoms with Gasteiger partial charge in [-0.2, -0.15) is 10.00 Å². The van der Waals surface area contributed by atoms with Gasteiger partial charge in [0.05, 0.1) is 28.5 Å². The molecule has 2 heterocycles. The highest BCUT2D eigenvalue weighted by Gasteiger charge is 2.45. The van der Waals surface area contributed by atoms with Crippen LogP contribution in [0.3, 0.4) is 0 Å². The summed E-state index contributed by atoms with van der Waals surface area (Å²) in [4.78, 5) is 44.6. The van der Waals surface area contributed by atoms with E-state index in [1.54, 1.807) is 16.9 Å². The van der Waals surface area contributed by atoms with Crippen molar-refractivity contribution in [3.8, 4) is 22.8 Å². The van der Waals surface area contributed by atoms with Gasteiger partial charge in [-0.05, 0) is 44.9 Å². The molecule has 0 spiro atoms. The molecule has 2 amide bonds. The van der Waals surface area contributed by atoms with Gasteiger partial charge in [0, 0.05) is 43.3 Å². The summed E-state index contributed by atoms with van der Waals surface area (Å²) in [5, 5.41) is 25.7. The van der Waals surface area contributed by atoms with Gasteiger partial charge < -0.3 is 14.6 Å². The van der Waals surface area contributed by atoms with Crippen LogP contribution < -0.4 is 9.64 Å². The molecule has 44 heavy (non-hydrogen) atoms. The van der Waals surface area contributed by atoms with Crippen molar-refractivity contribution >= 4 is 46.2 Å². The van der Waals surface area contributed by atoms with Crippen LogP contribution in [0.15, 0.2) is 48.9 Å². The van der Waals surface area contributed by atoms with Crippen LogP contribution in [-0.2, 0) is 11.3 Å². The van der Waals surface area contributed by atoms with Gasteiger partial charge in [0.1, 0.15) is 33.3 Å². The average Bonchev–Trinajstić information content (AvgIpc) is 3.36. The summed E-state index contributed by atoms with van der Waals surface area (Å²) in [6, 6.07) is 6.26. The molecule has 5 rings (SSSR count). The number of nitrogens with zero attached hydrogens (tertiary/aromatic N) is 6. The first-order valence-electron chi connectivity index (χ1n) is 13.2. The van der Waals surface area contributed by atoms with E-state index in [1.165, 1.54) is 45.3 Å². The third-order valence-corrected chi connectivity index (χ3v) is 6.91. The summed E-state index contributed by atoms with van der Waals surface area (Å²) in [6.07, 6.45) is 1.23. The maximum absolute atomic E-state index is 13.2. The first kappa shape index (κ1) is 30.5. The zero-order valence-electron chi connectivity index (χ0n) is 23.5. The molecule has 16 heteroatoms. The van der Waals surface area contributed by atoms with Crippen molar-refractivity contribution in [2.75, 3.05) is 4.90 Å². The number of hydrogen-bond acceptors (Lipinski definition) is 9. The Morgan fingerprint density at radius 3 is 2.59 bits per heavy atom. The minimum atomic E-state index is -2.62. The number of aromatic nitrogens is 4. The smallest absolute Gasteiger partial charge is 0.424 e. The predicted molar refractivity (Wildman–Crippen MR) is 153 cm³/mol. The number of hydrogen-bond donors (Lipinski definition) is 1. The summed E-state index contributed by atoms with van der Waals surface area (Å²) in [7, 11) is 0.